The molecule has 0 atom stereocenters. The molecule has 0 saturated heterocycles. The maximum absolute atomic E-state index is 4.66. The Kier molecular flexibility index (Phi) is 3.25. The Hall–Kier alpha value is -2.55. The maximum Gasteiger partial charge on any atom is 0.160 e. The van der Waals surface area contributed by atoms with Crippen molar-refractivity contribution in [1.82, 2.24) is 15.0 Å². The van der Waals surface area contributed by atoms with Gasteiger partial charge in [-0.15, -0.1) is 0 Å². The predicted molar refractivity (Wildman–Crippen MR) is 80.2 cm³/mol. The van der Waals surface area contributed by atoms with Gasteiger partial charge in [-0.05, 0) is 32.0 Å². The Morgan fingerprint density at radius 1 is 0.750 bits per heavy atom. The van der Waals surface area contributed by atoms with Crippen LogP contribution in [0.2, 0.25) is 0 Å². The quantitative estimate of drug-likeness (QED) is 0.704. The number of aromatic nitrogens is 3. The first-order chi connectivity index (χ1) is 9.72. The molecular formula is C17H15N3. The zero-order valence-electron chi connectivity index (χ0n) is 11.5. The van der Waals surface area contributed by atoms with E-state index in [0.29, 0.717) is 0 Å². The number of benzene rings is 1. The summed E-state index contributed by atoms with van der Waals surface area (Å²) in [6.07, 6.45) is 3.51. The SMILES string of the molecule is Cc1ccc(-c2cc(C)nc(-c3ccncc3)n2)cc1. The summed E-state index contributed by atoms with van der Waals surface area (Å²) in [5.41, 5.74) is 5.24. The number of pyridine rings is 1. The van der Waals surface area contributed by atoms with Crippen molar-refractivity contribution in [3.63, 3.8) is 0 Å². The second-order valence-electron chi connectivity index (χ2n) is 4.82. The van der Waals surface area contributed by atoms with Crippen LogP contribution in [0.5, 0.6) is 0 Å². The van der Waals surface area contributed by atoms with E-state index < -0.39 is 0 Å². The largest absolute Gasteiger partial charge is 0.265 e. The van der Waals surface area contributed by atoms with Gasteiger partial charge in [-0.1, -0.05) is 29.8 Å². The zero-order valence-corrected chi connectivity index (χ0v) is 11.5. The summed E-state index contributed by atoms with van der Waals surface area (Å²) in [5.74, 6) is 0.739. The van der Waals surface area contributed by atoms with Crippen LogP contribution in [0.4, 0.5) is 0 Å². The highest BCUT2D eigenvalue weighted by molar-refractivity contribution is 5.64. The lowest BCUT2D eigenvalue weighted by atomic mass is 10.1. The fraction of sp³-hybridized carbons (Fsp3) is 0.118. The Morgan fingerprint density at radius 2 is 1.45 bits per heavy atom. The van der Waals surface area contributed by atoms with Gasteiger partial charge in [0.2, 0.25) is 0 Å². The fourth-order valence-corrected chi connectivity index (χ4v) is 2.07. The highest BCUT2D eigenvalue weighted by Gasteiger charge is 2.06. The molecule has 0 saturated carbocycles. The van der Waals surface area contributed by atoms with Crippen molar-refractivity contribution in [2.75, 3.05) is 0 Å². The van der Waals surface area contributed by atoms with Gasteiger partial charge in [-0.25, -0.2) is 9.97 Å². The third-order valence-electron chi connectivity index (χ3n) is 3.14. The van der Waals surface area contributed by atoms with E-state index in [-0.39, 0.29) is 0 Å². The monoisotopic (exact) mass is 261 g/mol. The van der Waals surface area contributed by atoms with Crippen LogP contribution in [0.1, 0.15) is 11.3 Å². The average molecular weight is 261 g/mol. The molecule has 2 heterocycles. The predicted octanol–water partition coefficient (Wildman–Crippen LogP) is 3.82. The van der Waals surface area contributed by atoms with E-state index in [1.807, 2.05) is 25.1 Å². The molecule has 98 valence electrons. The molecule has 0 aliphatic carbocycles. The summed E-state index contributed by atoms with van der Waals surface area (Å²) in [5, 5.41) is 0. The summed E-state index contributed by atoms with van der Waals surface area (Å²) < 4.78 is 0. The van der Waals surface area contributed by atoms with Crippen molar-refractivity contribution in [3.05, 3.63) is 66.1 Å². The Labute approximate surface area is 118 Å². The molecule has 1 aromatic carbocycles. The fourth-order valence-electron chi connectivity index (χ4n) is 2.07. The summed E-state index contributed by atoms with van der Waals surface area (Å²) in [7, 11) is 0. The highest BCUT2D eigenvalue weighted by Crippen LogP contribution is 2.22. The van der Waals surface area contributed by atoms with Crippen LogP contribution in [0, 0.1) is 13.8 Å². The third kappa shape index (κ3) is 2.57. The molecule has 0 amide bonds. The molecule has 3 rings (SSSR count). The van der Waals surface area contributed by atoms with Crippen LogP contribution in [0.3, 0.4) is 0 Å². The van der Waals surface area contributed by atoms with Crippen LogP contribution in [-0.4, -0.2) is 15.0 Å². The van der Waals surface area contributed by atoms with E-state index in [9.17, 15) is 0 Å². The van der Waals surface area contributed by atoms with Crippen molar-refractivity contribution >= 4 is 0 Å². The van der Waals surface area contributed by atoms with Gasteiger partial charge in [-0.3, -0.25) is 4.98 Å². The Bertz CT molecular complexity index is 719. The summed E-state index contributed by atoms with van der Waals surface area (Å²) in [6.45, 7) is 4.07. The molecule has 0 bridgehead atoms. The molecule has 0 N–H and O–H groups in total. The van der Waals surface area contributed by atoms with Crippen LogP contribution >= 0.6 is 0 Å². The average Bonchev–Trinajstić information content (AvgIpc) is 2.48. The normalized spacial score (nSPS) is 10.5. The number of rotatable bonds is 2. The summed E-state index contributed by atoms with van der Waals surface area (Å²) >= 11 is 0. The molecule has 3 nitrogen and oxygen atoms in total. The van der Waals surface area contributed by atoms with E-state index in [1.165, 1.54) is 5.56 Å². The molecule has 3 aromatic rings. The van der Waals surface area contributed by atoms with Crippen LogP contribution in [0.25, 0.3) is 22.6 Å². The first-order valence-electron chi connectivity index (χ1n) is 6.55. The van der Waals surface area contributed by atoms with Gasteiger partial charge in [-0.2, -0.15) is 0 Å². The second kappa shape index (κ2) is 5.21. The van der Waals surface area contributed by atoms with Gasteiger partial charge in [0.1, 0.15) is 0 Å². The minimum atomic E-state index is 0.739. The molecule has 0 aliphatic heterocycles. The van der Waals surface area contributed by atoms with Crippen molar-refractivity contribution in [3.8, 4) is 22.6 Å². The number of aryl methyl sites for hydroxylation is 2. The Balaban J connectivity index is 2.09. The molecule has 0 fully saturated rings. The van der Waals surface area contributed by atoms with E-state index in [4.69, 9.17) is 0 Å². The van der Waals surface area contributed by atoms with Gasteiger partial charge in [0.15, 0.2) is 5.82 Å². The molecule has 0 unspecified atom stereocenters. The molecule has 20 heavy (non-hydrogen) atoms. The topological polar surface area (TPSA) is 38.7 Å². The van der Waals surface area contributed by atoms with E-state index in [0.717, 1.165) is 28.3 Å². The van der Waals surface area contributed by atoms with Gasteiger partial charge < -0.3 is 0 Å². The lowest BCUT2D eigenvalue weighted by Crippen LogP contribution is -1.95. The molecular weight excluding hydrogens is 246 g/mol. The highest BCUT2D eigenvalue weighted by atomic mass is 14.9. The number of hydrogen-bond donors (Lipinski definition) is 0. The van der Waals surface area contributed by atoms with Gasteiger partial charge >= 0.3 is 0 Å². The van der Waals surface area contributed by atoms with E-state index in [2.05, 4.69) is 46.1 Å². The summed E-state index contributed by atoms with van der Waals surface area (Å²) in [4.78, 5) is 13.2. The smallest absolute Gasteiger partial charge is 0.160 e. The molecule has 0 aliphatic rings. The summed E-state index contributed by atoms with van der Waals surface area (Å²) in [6, 6.07) is 14.2. The lowest BCUT2D eigenvalue weighted by Gasteiger charge is -2.06. The van der Waals surface area contributed by atoms with E-state index in [1.54, 1.807) is 12.4 Å². The first kappa shape index (κ1) is 12.5. The minimum absolute atomic E-state index is 0.739. The van der Waals surface area contributed by atoms with Crippen molar-refractivity contribution < 1.29 is 0 Å². The molecule has 0 radical (unpaired) electrons. The first-order valence-corrected chi connectivity index (χ1v) is 6.55. The second-order valence-corrected chi connectivity index (χ2v) is 4.82. The van der Waals surface area contributed by atoms with Crippen LogP contribution < -0.4 is 0 Å². The van der Waals surface area contributed by atoms with Crippen molar-refractivity contribution in [1.29, 1.82) is 0 Å². The van der Waals surface area contributed by atoms with Crippen molar-refractivity contribution in [2.24, 2.45) is 0 Å². The molecule has 2 aromatic heterocycles. The van der Waals surface area contributed by atoms with Crippen LogP contribution in [0.15, 0.2) is 54.9 Å². The number of hydrogen-bond acceptors (Lipinski definition) is 3. The molecule has 3 heteroatoms. The minimum Gasteiger partial charge on any atom is -0.265 e. The van der Waals surface area contributed by atoms with Crippen molar-refractivity contribution in [2.45, 2.75) is 13.8 Å². The number of nitrogens with zero attached hydrogens (tertiary/aromatic N) is 3. The maximum atomic E-state index is 4.66. The van der Waals surface area contributed by atoms with Gasteiger partial charge in [0, 0.05) is 29.2 Å². The van der Waals surface area contributed by atoms with Gasteiger partial charge in [0.05, 0.1) is 5.69 Å². The van der Waals surface area contributed by atoms with E-state index >= 15 is 0 Å². The van der Waals surface area contributed by atoms with Gasteiger partial charge in [0.25, 0.3) is 0 Å². The standard InChI is InChI=1S/C17H15N3/c1-12-3-5-14(6-4-12)16-11-13(2)19-17(20-16)15-7-9-18-10-8-15/h3-11H,1-2H3. The molecule has 0 spiro atoms. The van der Waals surface area contributed by atoms with Crippen LogP contribution in [-0.2, 0) is 0 Å². The third-order valence-corrected chi connectivity index (χ3v) is 3.14. The zero-order chi connectivity index (χ0) is 13.9. The lowest BCUT2D eigenvalue weighted by molar-refractivity contribution is 1.11. The Morgan fingerprint density at radius 3 is 2.15 bits per heavy atom.